The first-order valence-corrected chi connectivity index (χ1v) is 6.82. The Morgan fingerprint density at radius 1 is 1.38 bits per heavy atom. The largest absolute Gasteiger partial charge is 0.497 e. The minimum atomic E-state index is -0.315. The van der Waals surface area contributed by atoms with E-state index in [0.29, 0.717) is 31.0 Å². The first kappa shape index (κ1) is 16.8. The molecule has 0 atom stereocenters. The number of benzene rings is 1. The highest BCUT2D eigenvalue weighted by Gasteiger charge is 2.16. The maximum atomic E-state index is 12.4. The molecule has 0 unspecified atom stereocenters. The minimum absolute atomic E-state index is 0.164. The zero-order valence-electron chi connectivity index (χ0n) is 12.5. The van der Waals surface area contributed by atoms with Crippen molar-refractivity contribution in [2.75, 3.05) is 26.8 Å². The van der Waals surface area contributed by atoms with Gasteiger partial charge in [0.05, 0.1) is 20.1 Å². The summed E-state index contributed by atoms with van der Waals surface area (Å²) in [5.74, 6) is 0.132. The smallest absolute Gasteiger partial charge is 0.307 e. The Bertz CT molecular complexity index is 499. The number of methoxy groups -OCH3 is 1. The predicted molar refractivity (Wildman–Crippen MR) is 80.3 cm³/mol. The second-order valence-electron chi connectivity index (χ2n) is 4.33. The Labute approximate surface area is 125 Å². The molecule has 21 heavy (non-hydrogen) atoms. The van der Waals surface area contributed by atoms with Crippen molar-refractivity contribution in [2.45, 2.75) is 13.3 Å². The second-order valence-corrected chi connectivity index (χ2v) is 4.33. The van der Waals surface area contributed by atoms with Crippen molar-refractivity contribution in [3.05, 3.63) is 42.5 Å². The van der Waals surface area contributed by atoms with Crippen LogP contribution in [0.4, 0.5) is 0 Å². The van der Waals surface area contributed by atoms with E-state index in [4.69, 9.17) is 9.47 Å². The highest BCUT2D eigenvalue weighted by atomic mass is 16.5. The molecular formula is C16H21NO4. The lowest BCUT2D eigenvalue weighted by Crippen LogP contribution is -2.33. The Morgan fingerprint density at radius 3 is 2.76 bits per heavy atom. The number of nitrogens with zero attached hydrogens (tertiary/aromatic N) is 1. The van der Waals surface area contributed by atoms with E-state index in [1.54, 1.807) is 49.3 Å². The van der Waals surface area contributed by atoms with Crippen molar-refractivity contribution >= 4 is 11.9 Å². The van der Waals surface area contributed by atoms with Gasteiger partial charge in [0.1, 0.15) is 5.75 Å². The number of hydrogen-bond acceptors (Lipinski definition) is 4. The average Bonchev–Trinajstić information content (AvgIpc) is 2.51. The lowest BCUT2D eigenvalue weighted by atomic mass is 10.2. The van der Waals surface area contributed by atoms with Crippen molar-refractivity contribution in [3.63, 3.8) is 0 Å². The quantitative estimate of drug-likeness (QED) is 0.544. The predicted octanol–water partition coefficient (Wildman–Crippen LogP) is 2.28. The molecule has 1 aromatic carbocycles. The van der Waals surface area contributed by atoms with Gasteiger partial charge >= 0.3 is 5.97 Å². The Morgan fingerprint density at radius 2 is 2.14 bits per heavy atom. The summed E-state index contributed by atoms with van der Waals surface area (Å²) in [6.45, 7) is 6.39. The fourth-order valence-corrected chi connectivity index (χ4v) is 1.83. The second kappa shape index (κ2) is 8.79. The number of ether oxygens (including phenoxy) is 2. The number of rotatable bonds is 8. The minimum Gasteiger partial charge on any atom is -0.497 e. The molecule has 5 heteroatoms. The van der Waals surface area contributed by atoms with E-state index < -0.39 is 0 Å². The van der Waals surface area contributed by atoms with E-state index in [1.165, 1.54) is 0 Å². The van der Waals surface area contributed by atoms with Gasteiger partial charge in [-0.1, -0.05) is 12.1 Å². The maximum absolute atomic E-state index is 12.4. The van der Waals surface area contributed by atoms with Crippen LogP contribution in [-0.2, 0) is 9.53 Å². The van der Waals surface area contributed by atoms with Gasteiger partial charge in [-0.15, -0.1) is 6.58 Å². The molecule has 1 aromatic rings. The van der Waals surface area contributed by atoms with Gasteiger partial charge in [-0.3, -0.25) is 9.59 Å². The van der Waals surface area contributed by atoms with Gasteiger partial charge in [-0.2, -0.15) is 0 Å². The number of carbonyl (C=O) groups is 2. The third kappa shape index (κ3) is 5.30. The van der Waals surface area contributed by atoms with Crippen LogP contribution in [0.15, 0.2) is 36.9 Å². The first-order valence-electron chi connectivity index (χ1n) is 6.82. The van der Waals surface area contributed by atoms with Crippen LogP contribution < -0.4 is 4.74 Å². The highest BCUT2D eigenvalue weighted by molar-refractivity contribution is 5.94. The fraction of sp³-hybridized carbons (Fsp3) is 0.375. The van der Waals surface area contributed by atoms with Crippen molar-refractivity contribution in [3.8, 4) is 5.75 Å². The van der Waals surface area contributed by atoms with E-state index in [2.05, 4.69) is 6.58 Å². The molecule has 0 N–H and O–H groups in total. The first-order chi connectivity index (χ1) is 10.1. The summed E-state index contributed by atoms with van der Waals surface area (Å²) >= 11 is 0. The summed E-state index contributed by atoms with van der Waals surface area (Å²) in [5.41, 5.74) is 0.514. The molecular weight excluding hydrogens is 270 g/mol. The molecule has 1 amide bonds. The van der Waals surface area contributed by atoms with Crippen molar-refractivity contribution in [1.82, 2.24) is 4.90 Å². The number of esters is 1. The third-order valence-corrected chi connectivity index (χ3v) is 2.84. The van der Waals surface area contributed by atoms with Gasteiger partial charge in [-0.25, -0.2) is 0 Å². The van der Waals surface area contributed by atoms with E-state index in [-0.39, 0.29) is 18.3 Å². The molecule has 0 fully saturated rings. The topological polar surface area (TPSA) is 55.8 Å². The van der Waals surface area contributed by atoms with Crippen LogP contribution in [0.3, 0.4) is 0 Å². The molecule has 0 aliphatic carbocycles. The van der Waals surface area contributed by atoms with Crippen molar-refractivity contribution < 1.29 is 19.1 Å². The van der Waals surface area contributed by atoms with Gasteiger partial charge in [-0.05, 0) is 25.1 Å². The van der Waals surface area contributed by atoms with E-state index in [9.17, 15) is 9.59 Å². The maximum Gasteiger partial charge on any atom is 0.307 e. The summed E-state index contributed by atoms with van der Waals surface area (Å²) in [5, 5.41) is 0. The molecule has 0 aromatic heterocycles. The van der Waals surface area contributed by atoms with Crippen LogP contribution >= 0.6 is 0 Å². The van der Waals surface area contributed by atoms with E-state index in [0.717, 1.165) is 0 Å². The average molecular weight is 291 g/mol. The molecule has 0 aliphatic rings. The van der Waals surface area contributed by atoms with Crippen molar-refractivity contribution in [1.29, 1.82) is 0 Å². The van der Waals surface area contributed by atoms with Gasteiger partial charge in [0.2, 0.25) is 0 Å². The summed E-state index contributed by atoms with van der Waals surface area (Å²) in [6, 6.07) is 6.91. The highest BCUT2D eigenvalue weighted by Crippen LogP contribution is 2.14. The van der Waals surface area contributed by atoms with Crippen LogP contribution in [0.2, 0.25) is 0 Å². The van der Waals surface area contributed by atoms with Gasteiger partial charge in [0.15, 0.2) is 0 Å². The Hall–Kier alpha value is -2.30. The number of carbonyl (C=O) groups excluding carboxylic acids is 2. The standard InChI is InChI=1S/C16H21NO4/c1-4-10-17(11-9-15(18)21-5-2)16(19)13-7-6-8-14(12-13)20-3/h4,6-8,12H,1,5,9-11H2,2-3H3. The van der Waals surface area contributed by atoms with E-state index in [1.807, 2.05) is 0 Å². The van der Waals surface area contributed by atoms with Gasteiger partial charge in [0, 0.05) is 18.7 Å². The van der Waals surface area contributed by atoms with Gasteiger partial charge in [0.25, 0.3) is 5.91 Å². The zero-order valence-corrected chi connectivity index (χ0v) is 12.5. The molecule has 0 radical (unpaired) electrons. The SMILES string of the molecule is C=CCN(CCC(=O)OCC)C(=O)c1cccc(OC)c1. The lowest BCUT2D eigenvalue weighted by molar-refractivity contribution is -0.143. The lowest BCUT2D eigenvalue weighted by Gasteiger charge is -2.21. The third-order valence-electron chi connectivity index (χ3n) is 2.84. The summed E-state index contributed by atoms with van der Waals surface area (Å²) in [4.78, 5) is 25.4. The monoisotopic (exact) mass is 291 g/mol. The fourth-order valence-electron chi connectivity index (χ4n) is 1.83. The Kier molecular flexibility index (Phi) is 7.01. The van der Waals surface area contributed by atoms with E-state index >= 15 is 0 Å². The molecule has 0 saturated heterocycles. The van der Waals surface area contributed by atoms with Crippen molar-refractivity contribution in [2.24, 2.45) is 0 Å². The molecule has 0 heterocycles. The number of amides is 1. The normalized spacial score (nSPS) is 9.81. The van der Waals surface area contributed by atoms with Crippen LogP contribution in [0.25, 0.3) is 0 Å². The molecule has 114 valence electrons. The summed E-state index contributed by atoms with van der Waals surface area (Å²) in [6.07, 6.45) is 1.79. The molecule has 0 saturated carbocycles. The number of hydrogen-bond donors (Lipinski definition) is 0. The van der Waals surface area contributed by atoms with Gasteiger partial charge < -0.3 is 14.4 Å². The summed E-state index contributed by atoms with van der Waals surface area (Å²) < 4.78 is 9.98. The Balaban J connectivity index is 2.76. The van der Waals surface area contributed by atoms with Crippen LogP contribution in [0.5, 0.6) is 5.75 Å². The molecule has 0 bridgehead atoms. The summed E-state index contributed by atoms with van der Waals surface area (Å²) in [7, 11) is 1.55. The van der Waals surface area contributed by atoms with Crippen LogP contribution in [0.1, 0.15) is 23.7 Å². The molecule has 5 nitrogen and oxygen atoms in total. The van der Waals surface area contributed by atoms with Crippen LogP contribution in [-0.4, -0.2) is 43.6 Å². The van der Waals surface area contributed by atoms with Crippen LogP contribution in [0, 0.1) is 0 Å². The molecule has 0 spiro atoms. The zero-order chi connectivity index (χ0) is 15.7. The molecule has 1 rings (SSSR count). The molecule has 0 aliphatic heterocycles.